The molecular formula is C25H23N3O6. The van der Waals surface area contributed by atoms with Gasteiger partial charge in [-0.15, -0.1) is 0 Å². The lowest BCUT2D eigenvalue weighted by Crippen LogP contribution is -2.41. The number of carbonyl (C=O) groups is 3. The summed E-state index contributed by atoms with van der Waals surface area (Å²) in [4.78, 5) is 49.4. The van der Waals surface area contributed by atoms with Crippen LogP contribution in [0.15, 0.2) is 84.9 Å². The van der Waals surface area contributed by atoms with Crippen molar-refractivity contribution < 1.29 is 24.0 Å². The Bertz CT molecular complexity index is 1170. The van der Waals surface area contributed by atoms with Crippen LogP contribution in [-0.4, -0.2) is 35.4 Å². The van der Waals surface area contributed by atoms with Gasteiger partial charge >= 0.3 is 5.97 Å². The molecule has 3 aromatic rings. The van der Waals surface area contributed by atoms with Crippen molar-refractivity contribution in [2.24, 2.45) is 0 Å². The predicted molar refractivity (Wildman–Crippen MR) is 125 cm³/mol. The highest BCUT2D eigenvalue weighted by molar-refractivity contribution is 5.98. The van der Waals surface area contributed by atoms with Gasteiger partial charge in [-0.05, 0) is 30.7 Å². The Kier molecular flexibility index (Phi) is 8.07. The first-order valence-electron chi connectivity index (χ1n) is 10.5. The molecule has 1 N–H and O–H groups in total. The maximum atomic E-state index is 12.9. The number of anilines is 1. The number of para-hydroxylation sites is 1. The van der Waals surface area contributed by atoms with Crippen molar-refractivity contribution in [3.63, 3.8) is 0 Å². The van der Waals surface area contributed by atoms with Gasteiger partial charge < -0.3 is 15.0 Å². The van der Waals surface area contributed by atoms with Gasteiger partial charge in [0.15, 0.2) is 6.61 Å². The Morgan fingerprint density at radius 1 is 0.971 bits per heavy atom. The summed E-state index contributed by atoms with van der Waals surface area (Å²) in [5, 5.41) is 13.3. The second-order valence-electron chi connectivity index (χ2n) is 7.41. The van der Waals surface area contributed by atoms with Crippen LogP contribution >= 0.6 is 0 Å². The maximum Gasteiger partial charge on any atom is 0.328 e. The van der Waals surface area contributed by atoms with Gasteiger partial charge in [-0.25, -0.2) is 4.79 Å². The van der Waals surface area contributed by atoms with Gasteiger partial charge in [-0.2, -0.15) is 0 Å². The maximum absolute atomic E-state index is 12.9. The van der Waals surface area contributed by atoms with Gasteiger partial charge in [0, 0.05) is 23.4 Å². The van der Waals surface area contributed by atoms with Crippen molar-refractivity contribution in [2.75, 3.05) is 11.5 Å². The van der Waals surface area contributed by atoms with Crippen molar-refractivity contribution in [1.82, 2.24) is 5.32 Å². The first-order valence-corrected chi connectivity index (χ1v) is 10.5. The smallest absolute Gasteiger partial charge is 0.328 e. The topological polar surface area (TPSA) is 119 Å². The summed E-state index contributed by atoms with van der Waals surface area (Å²) < 4.78 is 5.15. The molecule has 0 aliphatic rings. The Labute approximate surface area is 196 Å². The van der Waals surface area contributed by atoms with Gasteiger partial charge in [-0.1, -0.05) is 54.6 Å². The van der Waals surface area contributed by atoms with Crippen LogP contribution in [0.25, 0.3) is 0 Å². The van der Waals surface area contributed by atoms with Gasteiger partial charge in [0.1, 0.15) is 6.04 Å². The summed E-state index contributed by atoms with van der Waals surface area (Å²) in [5.41, 5.74) is 1.35. The van der Waals surface area contributed by atoms with Crippen LogP contribution in [-0.2, 0) is 20.9 Å². The number of benzene rings is 3. The Morgan fingerprint density at radius 2 is 1.62 bits per heavy atom. The zero-order chi connectivity index (χ0) is 24.5. The van der Waals surface area contributed by atoms with Crippen molar-refractivity contribution >= 4 is 29.2 Å². The van der Waals surface area contributed by atoms with E-state index in [2.05, 4.69) is 5.32 Å². The Balaban J connectivity index is 1.61. The zero-order valence-corrected chi connectivity index (χ0v) is 18.4. The average Bonchev–Trinajstić information content (AvgIpc) is 2.86. The Hall–Kier alpha value is -4.53. The van der Waals surface area contributed by atoms with Gasteiger partial charge in [-0.3, -0.25) is 19.7 Å². The van der Waals surface area contributed by atoms with E-state index in [-0.39, 0.29) is 11.3 Å². The number of nitrogens with one attached hydrogen (secondary N) is 1. The molecule has 34 heavy (non-hydrogen) atoms. The molecule has 174 valence electrons. The van der Waals surface area contributed by atoms with E-state index in [1.165, 1.54) is 30.0 Å². The summed E-state index contributed by atoms with van der Waals surface area (Å²) in [7, 11) is 0. The number of amides is 2. The van der Waals surface area contributed by atoms with E-state index in [9.17, 15) is 24.5 Å². The lowest BCUT2D eigenvalue weighted by molar-refractivity contribution is -0.384. The molecule has 0 saturated heterocycles. The van der Waals surface area contributed by atoms with Crippen molar-refractivity contribution in [3.8, 4) is 0 Å². The monoisotopic (exact) mass is 461 g/mol. The average molecular weight is 461 g/mol. The molecule has 0 saturated carbocycles. The number of esters is 1. The number of hydrogen-bond donors (Lipinski definition) is 1. The SMILES string of the molecule is C[C@H](NC(=O)c1cccc([N+](=O)[O-])c1)C(=O)OCC(=O)N(Cc1ccccc1)c1ccccc1. The highest BCUT2D eigenvalue weighted by Crippen LogP contribution is 2.17. The summed E-state index contributed by atoms with van der Waals surface area (Å²) in [6.45, 7) is 1.18. The number of ether oxygens (including phenoxy) is 1. The summed E-state index contributed by atoms with van der Waals surface area (Å²) in [6.07, 6.45) is 0. The summed E-state index contributed by atoms with van der Waals surface area (Å²) in [5.74, 6) is -1.91. The van der Waals surface area contributed by atoms with E-state index in [0.717, 1.165) is 11.6 Å². The normalized spacial score (nSPS) is 11.2. The minimum Gasteiger partial charge on any atom is -0.454 e. The molecule has 0 aliphatic carbocycles. The third-order valence-electron chi connectivity index (χ3n) is 4.91. The van der Waals surface area contributed by atoms with Crippen LogP contribution in [0.4, 0.5) is 11.4 Å². The van der Waals surface area contributed by atoms with Crippen molar-refractivity contribution in [3.05, 3.63) is 106 Å². The van der Waals surface area contributed by atoms with Gasteiger partial charge in [0.2, 0.25) is 0 Å². The highest BCUT2D eigenvalue weighted by Gasteiger charge is 2.22. The van der Waals surface area contributed by atoms with Gasteiger partial charge in [0.25, 0.3) is 17.5 Å². The molecule has 3 rings (SSSR count). The highest BCUT2D eigenvalue weighted by atomic mass is 16.6. The molecular weight excluding hydrogens is 438 g/mol. The molecule has 2 amide bonds. The number of nitro benzene ring substituents is 1. The predicted octanol–water partition coefficient (Wildman–Crippen LogP) is 3.49. The van der Waals surface area contributed by atoms with Crippen LogP contribution in [0.5, 0.6) is 0 Å². The van der Waals surface area contributed by atoms with Crippen molar-refractivity contribution in [1.29, 1.82) is 0 Å². The molecule has 0 spiro atoms. The van der Waals surface area contributed by atoms with Crippen LogP contribution in [0.2, 0.25) is 0 Å². The second-order valence-corrected chi connectivity index (χ2v) is 7.41. The molecule has 0 aliphatic heterocycles. The minimum atomic E-state index is -1.07. The molecule has 9 heteroatoms. The third kappa shape index (κ3) is 6.49. The number of nitrogens with zero attached hydrogens (tertiary/aromatic N) is 2. The van der Waals surface area contributed by atoms with Crippen LogP contribution in [0.3, 0.4) is 0 Å². The molecule has 1 atom stereocenters. The van der Waals surface area contributed by atoms with Crippen LogP contribution in [0, 0.1) is 10.1 Å². The lowest BCUT2D eigenvalue weighted by Gasteiger charge is -2.23. The first kappa shape index (κ1) is 24.1. The summed E-state index contributed by atoms with van der Waals surface area (Å²) >= 11 is 0. The van der Waals surface area contributed by atoms with E-state index >= 15 is 0 Å². The number of carbonyl (C=O) groups excluding carboxylic acids is 3. The first-order chi connectivity index (χ1) is 16.3. The van der Waals surface area contributed by atoms with E-state index in [1.54, 1.807) is 24.3 Å². The second kappa shape index (κ2) is 11.4. The fourth-order valence-electron chi connectivity index (χ4n) is 3.13. The third-order valence-corrected chi connectivity index (χ3v) is 4.91. The fourth-order valence-corrected chi connectivity index (χ4v) is 3.13. The van der Waals surface area contributed by atoms with Crippen molar-refractivity contribution in [2.45, 2.75) is 19.5 Å². The van der Waals surface area contributed by atoms with E-state index in [1.807, 2.05) is 36.4 Å². The Morgan fingerprint density at radius 3 is 2.26 bits per heavy atom. The summed E-state index contributed by atoms with van der Waals surface area (Å²) in [6, 6.07) is 22.5. The quantitative estimate of drug-likeness (QED) is 0.296. The number of non-ortho nitro benzene ring substituents is 1. The zero-order valence-electron chi connectivity index (χ0n) is 18.4. The molecule has 0 heterocycles. The van der Waals surface area contributed by atoms with Crippen LogP contribution < -0.4 is 10.2 Å². The number of nitro groups is 1. The van der Waals surface area contributed by atoms with E-state index in [4.69, 9.17) is 4.74 Å². The molecule has 0 unspecified atom stereocenters. The minimum absolute atomic E-state index is 0.0306. The molecule has 0 fully saturated rings. The lowest BCUT2D eigenvalue weighted by atomic mass is 10.2. The molecule has 3 aromatic carbocycles. The molecule has 9 nitrogen and oxygen atoms in total. The number of hydrogen-bond acceptors (Lipinski definition) is 6. The fraction of sp³-hybridized carbons (Fsp3) is 0.160. The van der Waals surface area contributed by atoms with Crippen LogP contribution in [0.1, 0.15) is 22.8 Å². The molecule has 0 bridgehead atoms. The molecule has 0 aromatic heterocycles. The molecule has 0 radical (unpaired) electrons. The van der Waals surface area contributed by atoms with Gasteiger partial charge in [0.05, 0.1) is 11.5 Å². The van der Waals surface area contributed by atoms with E-state index < -0.39 is 35.4 Å². The van der Waals surface area contributed by atoms with E-state index in [0.29, 0.717) is 12.2 Å². The standard InChI is InChI=1S/C25H23N3O6/c1-18(26-24(30)20-11-8-14-22(15-20)28(32)33)25(31)34-17-23(29)27(21-12-6-3-7-13-21)16-19-9-4-2-5-10-19/h2-15,18H,16-17H2,1H3,(H,26,30)/t18-/m0/s1. The largest absolute Gasteiger partial charge is 0.454 e. The number of rotatable bonds is 9.